The molecule has 1 saturated carbocycles. The minimum Gasteiger partial charge on any atom is -0.372 e. The molecule has 4 atom stereocenters. The van der Waals surface area contributed by atoms with Crippen molar-refractivity contribution in [3.05, 3.63) is 0 Å². The maximum atomic E-state index is 11.6. The second-order valence-corrected chi connectivity index (χ2v) is 4.60. The Morgan fingerprint density at radius 1 is 1.53 bits per heavy atom. The SMILES string of the molecule is CCC1CCC(NC(=O)C(C)OC)C1C. The summed E-state index contributed by atoms with van der Waals surface area (Å²) in [6.07, 6.45) is 3.23. The number of amides is 1. The highest BCUT2D eigenvalue weighted by Gasteiger charge is 2.33. The lowest BCUT2D eigenvalue weighted by Gasteiger charge is -2.22. The van der Waals surface area contributed by atoms with Gasteiger partial charge in [0.2, 0.25) is 5.91 Å². The molecule has 15 heavy (non-hydrogen) atoms. The largest absolute Gasteiger partial charge is 0.372 e. The third-order valence-electron chi connectivity index (χ3n) is 3.80. The predicted octanol–water partition coefficient (Wildman–Crippen LogP) is 1.96. The zero-order valence-corrected chi connectivity index (χ0v) is 10.2. The Morgan fingerprint density at radius 2 is 2.20 bits per heavy atom. The van der Waals surface area contributed by atoms with E-state index in [1.165, 1.54) is 12.8 Å². The molecule has 0 aromatic rings. The molecule has 0 spiro atoms. The van der Waals surface area contributed by atoms with Gasteiger partial charge in [-0.3, -0.25) is 4.79 Å². The van der Waals surface area contributed by atoms with Crippen molar-refractivity contribution in [2.45, 2.75) is 52.2 Å². The van der Waals surface area contributed by atoms with Gasteiger partial charge in [0.25, 0.3) is 0 Å². The Hall–Kier alpha value is -0.570. The summed E-state index contributed by atoms with van der Waals surface area (Å²) < 4.78 is 5.00. The standard InChI is InChI=1S/C12H23NO2/c1-5-10-6-7-11(8(10)2)13-12(14)9(3)15-4/h8-11H,5-7H2,1-4H3,(H,13,14). The normalized spacial score (nSPS) is 32.7. The lowest BCUT2D eigenvalue weighted by atomic mass is 9.93. The van der Waals surface area contributed by atoms with Crippen molar-refractivity contribution in [3.63, 3.8) is 0 Å². The van der Waals surface area contributed by atoms with Gasteiger partial charge in [0.15, 0.2) is 0 Å². The lowest BCUT2D eigenvalue weighted by molar-refractivity contribution is -0.131. The summed E-state index contributed by atoms with van der Waals surface area (Å²) in [6, 6.07) is 0.347. The molecule has 0 heterocycles. The third kappa shape index (κ3) is 2.94. The summed E-state index contributed by atoms with van der Waals surface area (Å²) in [5, 5.41) is 3.08. The van der Waals surface area contributed by atoms with Crippen LogP contribution < -0.4 is 5.32 Å². The molecule has 3 heteroatoms. The van der Waals surface area contributed by atoms with Gasteiger partial charge < -0.3 is 10.1 Å². The van der Waals surface area contributed by atoms with Crippen molar-refractivity contribution in [1.82, 2.24) is 5.32 Å². The van der Waals surface area contributed by atoms with Crippen LogP contribution >= 0.6 is 0 Å². The van der Waals surface area contributed by atoms with E-state index in [2.05, 4.69) is 19.2 Å². The van der Waals surface area contributed by atoms with Gasteiger partial charge in [-0.2, -0.15) is 0 Å². The van der Waals surface area contributed by atoms with Crippen molar-refractivity contribution in [2.24, 2.45) is 11.8 Å². The number of hydrogen-bond donors (Lipinski definition) is 1. The molecule has 0 bridgehead atoms. The fourth-order valence-electron chi connectivity index (χ4n) is 2.43. The summed E-state index contributed by atoms with van der Waals surface area (Å²) in [5.74, 6) is 1.39. The van der Waals surface area contributed by atoms with E-state index in [1.54, 1.807) is 14.0 Å². The van der Waals surface area contributed by atoms with Crippen LogP contribution in [0.15, 0.2) is 0 Å². The Balaban J connectivity index is 2.43. The van der Waals surface area contributed by atoms with Crippen LogP contribution in [-0.2, 0) is 9.53 Å². The van der Waals surface area contributed by atoms with E-state index < -0.39 is 0 Å². The molecule has 4 unspecified atom stereocenters. The fourth-order valence-corrected chi connectivity index (χ4v) is 2.43. The monoisotopic (exact) mass is 213 g/mol. The van der Waals surface area contributed by atoms with E-state index in [-0.39, 0.29) is 12.0 Å². The average molecular weight is 213 g/mol. The quantitative estimate of drug-likeness (QED) is 0.775. The zero-order valence-electron chi connectivity index (χ0n) is 10.2. The zero-order chi connectivity index (χ0) is 11.4. The van der Waals surface area contributed by atoms with Crippen LogP contribution in [-0.4, -0.2) is 25.2 Å². The van der Waals surface area contributed by atoms with Gasteiger partial charge >= 0.3 is 0 Å². The van der Waals surface area contributed by atoms with Gasteiger partial charge in [0.1, 0.15) is 6.10 Å². The highest BCUT2D eigenvalue weighted by molar-refractivity contribution is 5.80. The first-order chi connectivity index (χ1) is 7.10. The minimum absolute atomic E-state index is 0.0195. The van der Waals surface area contributed by atoms with Crippen molar-refractivity contribution in [2.75, 3.05) is 7.11 Å². The molecule has 1 N–H and O–H groups in total. The van der Waals surface area contributed by atoms with Crippen LogP contribution in [0.1, 0.15) is 40.0 Å². The maximum absolute atomic E-state index is 11.6. The number of carbonyl (C=O) groups is 1. The lowest BCUT2D eigenvalue weighted by Crippen LogP contribution is -2.42. The van der Waals surface area contributed by atoms with E-state index in [0.29, 0.717) is 12.0 Å². The molecular formula is C12H23NO2. The van der Waals surface area contributed by atoms with E-state index in [9.17, 15) is 4.79 Å². The minimum atomic E-state index is -0.335. The van der Waals surface area contributed by atoms with Gasteiger partial charge in [-0.15, -0.1) is 0 Å². The summed E-state index contributed by atoms with van der Waals surface area (Å²) in [4.78, 5) is 11.6. The Bertz CT molecular complexity index is 218. The van der Waals surface area contributed by atoms with Crippen molar-refractivity contribution < 1.29 is 9.53 Å². The van der Waals surface area contributed by atoms with Crippen molar-refractivity contribution in [1.29, 1.82) is 0 Å². The topological polar surface area (TPSA) is 38.3 Å². The van der Waals surface area contributed by atoms with E-state index in [1.807, 2.05) is 0 Å². The second kappa shape index (κ2) is 5.50. The number of carbonyl (C=O) groups excluding carboxylic acids is 1. The second-order valence-electron chi connectivity index (χ2n) is 4.60. The maximum Gasteiger partial charge on any atom is 0.249 e. The molecule has 0 aliphatic heterocycles. The summed E-state index contributed by atoms with van der Waals surface area (Å²) in [5.41, 5.74) is 0. The van der Waals surface area contributed by atoms with Gasteiger partial charge in [0, 0.05) is 13.2 Å². The van der Waals surface area contributed by atoms with Gasteiger partial charge in [0.05, 0.1) is 0 Å². The Morgan fingerprint density at radius 3 is 2.67 bits per heavy atom. The molecule has 1 fully saturated rings. The van der Waals surface area contributed by atoms with E-state index >= 15 is 0 Å². The molecule has 0 saturated heterocycles. The predicted molar refractivity (Wildman–Crippen MR) is 60.6 cm³/mol. The van der Waals surface area contributed by atoms with Crippen LogP contribution in [0.4, 0.5) is 0 Å². The first-order valence-electron chi connectivity index (χ1n) is 5.93. The van der Waals surface area contributed by atoms with Gasteiger partial charge in [-0.25, -0.2) is 0 Å². The number of methoxy groups -OCH3 is 1. The van der Waals surface area contributed by atoms with Crippen LogP contribution in [0.5, 0.6) is 0 Å². The molecule has 88 valence electrons. The first-order valence-corrected chi connectivity index (χ1v) is 5.93. The first kappa shape index (κ1) is 12.5. The summed E-state index contributed by atoms with van der Waals surface area (Å²) in [7, 11) is 1.57. The van der Waals surface area contributed by atoms with Gasteiger partial charge in [-0.1, -0.05) is 20.3 Å². The summed E-state index contributed by atoms with van der Waals surface area (Å²) in [6.45, 7) is 6.25. The highest BCUT2D eigenvalue weighted by Crippen LogP contribution is 2.33. The van der Waals surface area contributed by atoms with E-state index in [0.717, 1.165) is 12.3 Å². The fraction of sp³-hybridized carbons (Fsp3) is 0.917. The number of rotatable bonds is 4. The number of ether oxygens (including phenoxy) is 1. The third-order valence-corrected chi connectivity index (χ3v) is 3.80. The smallest absolute Gasteiger partial charge is 0.249 e. The molecule has 0 radical (unpaired) electrons. The highest BCUT2D eigenvalue weighted by atomic mass is 16.5. The molecule has 1 rings (SSSR count). The Labute approximate surface area is 92.6 Å². The Kier molecular flexibility index (Phi) is 4.58. The molecule has 1 aliphatic carbocycles. The number of hydrogen-bond acceptors (Lipinski definition) is 2. The van der Waals surface area contributed by atoms with Gasteiger partial charge in [-0.05, 0) is 31.6 Å². The molecular weight excluding hydrogens is 190 g/mol. The molecule has 0 aromatic heterocycles. The van der Waals surface area contributed by atoms with Crippen molar-refractivity contribution >= 4 is 5.91 Å². The van der Waals surface area contributed by atoms with Crippen molar-refractivity contribution in [3.8, 4) is 0 Å². The number of nitrogens with one attached hydrogen (secondary N) is 1. The van der Waals surface area contributed by atoms with Crippen LogP contribution in [0.3, 0.4) is 0 Å². The molecule has 1 aliphatic rings. The van der Waals surface area contributed by atoms with E-state index in [4.69, 9.17) is 4.74 Å². The average Bonchev–Trinajstić information content (AvgIpc) is 2.58. The molecule has 3 nitrogen and oxygen atoms in total. The van der Waals surface area contributed by atoms with Crippen LogP contribution in [0.2, 0.25) is 0 Å². The van der Waals surface area contributed by atoms with Crippen LogP contribution in [0, 0.1) is 11.8 Å². The molecule has 1 amide bonds. The molecule has 0 aromatic carbocycles. The summed E-state index contributed by atoms with van der Waals surface area (Å²) >= 11 is 0. The van der Waals surface area contributed by atoms with Crippen LogP contribution in [0.25, 0.3) is 0 Å².